The van der Waals surface area contributed by atoms with E-state index in [1.54, 1.807) is 29.2 Å². The van der Waals surface area contributed by atoms with Gasteiger partial charge in [0.25, 0.3) is 5.91 Å². The Labute approximate surface area is 162 Å². The minimum atomic E-state index is -0.231. The van der Waals surface area contributed by atoms with E-state index in [0.717, 1.165) is 5.56 Å². The van der Waals surface area contributed by atoms with E-state index in [1.807, 2.05) is 30.0 Å². The van der Waals surface area contributed by atoms with Crippen molar-refractivity contribution >= 4 is 11.6 Å². The van der Waals surface area contributed by atoms with Gasteiger partial charge in [0.15, 0.2) is 0 Å². The molecule has 1 amide bonds. The third kappa shape index (κ3) is 3.60. The van der Waals surface area contributed by atoms with E-state index in [0.29, 0.717) is 55.6 Å². The number of amides is 1. The first-order chi connectivity index (χ1) is 13.7. The van der Waals surface area contributed by atoms with Gasteiger partial charge in [-0.15, -0.1) is 0 Å². The van der Waals surface area contributed by atoms with Crippen molar-refractivity contribution in [3.05, 3.63) is 65.8 Å². The van der Waals surface area contributed by atoms with Crippen molar-refractivity contribution in [3.63, 3.8) is 0 Å². The molecule has 0 spiro atoms. The summed E-state index contributed by atoms with van der Waals surface area (Å²) in [6.07, 6.45) is 0.683. The average molecular weight is 380 g/mol. The Hall–Kier alpha value is -3.22. The number of para-hydroxylation sites is 1. The smallest absolute Gasteiger partial charge is 0.253 e. The molecule has 0 unspecified atom stereocenters. The number of aromatic nitrogens is 2. The zero-order valence-corrected chi connectivity index (χ0v) is 15.6. The molecule has 1 aliphatic rings. The highest BCUT2D eigenvalue weighted by Crippen LogP contribution is 2.22. The fourth-order valence-corrected chi connectivity index (χ4v) is 3.32. The lowest BCUT2D eigenvalue weighted by Gasteiger charge is -2.36. The molecule has 0 radical (unpaired) electrons. The number of nitrogens with zero attached hydrogens (tertiary/aromatic N) is 4. The van der Waals surface area contributed by atoms with Gasteiger partial charge in [0, 0.05) is 43.7 Å². The van der Waals surface area contributed by atoms with Crippen molar-refractivity contribution in [1.29, 1.82) is 0 Å². The summed E-state index contributed by atoms with van der Waals surface area (Å²) in [5, 5.41) is 3.95. The molecule has 0 aliphatic carbocycles. The fourth-order valence-electron chi connectivity index (χ4n) is 3.32. The van der Waals surface area contributed by atoms with Crippen LogP contribution >= 0.6 is 0 Å². The maximum absolute atomic E-state index is 14.0. The van der Waals surface area contributed by atoms with Gasteiger partial charge in [-0.2, -0.15) is 4.98 Å². The standard InChI is InChI=1S/C21H21FN4O2/c1-2-19-23-20(24-28-19)15-7-9-16(10-8-15)21(27)26-13-11-25(12-14-26)18-6-4-3-5-17(18)22/h3-10H,2,11-14H2,1H3. The Kier molecular flexibility index (Phi) is 5.06. The van der Waals surface area contributed by atoms with Crippen LogP contribution in [-0.2, 0) is 6.42 Å². The molecule has 4 rings (SSSR count). The van der Waals surface area contributed by atoms with Crippen LogP contribution < -0.4 is 4.90 Å². The summed E-state index contributed by atoms with van der Waals surface area (Å²) >= 11 is 0. The lowest BCUT2D eigenvalue weighted by Crippen LogP contribution is -2.49. The molecular formula is C21H21FN4O2. The molecule has 1 aliphatic heterocycles. The predicted molar refractivity (Wildman–Crippen MR) is 104 cm³/mol. The first-order valence-electron chi connectivity index (χ1n) is 9.37. The molecule has 0 N–H and O–H groups in total. The van der Waals surface area contributed by atoms with Gasteiger partial charge >= 0.3 is 0 Å². The minimum absolute atomic E-state index is 0.0258. The van der Waals surface area contributed by atoms with Crippen molar-refractivity contribution in [2.24, 2.45) is 0 Å². The molecule has 144 valence electrons. The second-order valence-electron chi connectivity index (χ2n) is 6.67. The molecule has 0 saturated carbocycles. The van der Waals surface area contributed by atoms with Crippen LogP contribution in [-0.4, -0.2) is 47.1 Å². The Bertz CT molecular complexity index is 963. The SMILES string of the molecule is CCc1nc(-c2ccc(C(=O)N3CCN(c4ccccc4F)CC3)cc2)no1. The van der Waals surface area contributed by atoms with Crippen LogP contribution in [0.4, 0.5) is 10.1 Å². The second-order valence-corrected chi connectivity index (χ2v) is 6.67. The van der Waals surface area contributed by atoms with Gasteiger partial charge in [0.05, 0.1) is 5.69 Å². The van der Waals surface area contributed by atoms with Crippen LogP contribution in [0.15, 0.2) is 53.1 Å². The van der Waals surface area contributed by atoms with E-state index in [4.69, 9.17) is 4.52 Å². The van der Waals surface area contributed by atoms with E-state index in [2.05, 4.69) is 10.1 Å². The number of halogens is 1. The first-order valence-corrected chi connectivity index (χ1v) is 9.37. The van der Waals surface area contributed by atoms with E-state index < -0.39 is 0 Å². The van der Waals surface area contributed by atoms with Crippen LogP contribution in [0.2, 0.25) is 0 Å². The van der Waals surface area contributed by atoms with E-state index in [9.17, 15) is 9.18 Å². The minimum Gasteiger partial charge on any atom is -0.366 e. The van der Waals surface area contributed by atoms with Crippen molar-refractivity contribution in [2.75, 3.05) is 31.1 Å². The zero-order chi connectivity index (χ0) is 19.5. The molecule has 0 bridgehead atoms. The molecular weight excluding hydrogens is 359 g/mol. The Morgan fingerprint density at radius 3 is 2.43 bits per heavy atom. The van der Waals surface area contributed by atoms with Gasteiger partial charge in [-0.1, -0.05) is 36.3 Å². The summed E-state index contributed by atoms with van der Waals surface area (Å²) in [5.41, 5.74) is 2.01. The van der Waals surface area contributed by atoms with Crippen LogP contribution in [0, 0.1) is 5.82 Å². The highest BCUT2D eigenvalue weighted by atomic mass is 19.1. The molecule has 0 atom stereocenters. The Morgan fingerprint density at radius 1 is 1.07 bits per heavy atom. The Balaban J connectivity index is 1.40. The summed E-state index contributed by atoms with van der Waals surface area (Å²) in [6, 6.07) is 14.0. The zero-order valence-electron chi connectivity index (χ0n) is 15.6. The van der Waals surface area contributed by atoms with Crippen molar-refractivity contribution in [2.45, 2.75) is 13.3 Å². The van der Waals surface area contributed by atoms with Crippen molar-refractivity contribution in [3.8, 4) is 11.4 Å². The van der Waals surface area contributed by atoms with Crippen LogP contribution in [0.1, 0.15) is 23.2 Å². The third-order valence-electron chi connectivity index (χ3n) is 4.92. The van der Waals surface area contributed by atoms with Gasteiger partial charge in [0.2, 0.25) is 11.7 Å². The number of piperazine rings is 1. The number of benzene rings is 2. The van der Waals surface area contributed by atoms with Gasteiger partial charge in [-0.3, -0.25) is 4.79 Å². The van der Waals surface area contributed by atoms with Gasteiger partial charge in [-0.05, 0) is 24.3 Å². The van der Waals surface area contributed by atoms with Gasteiger partial charge in [-0.25, -0.2) is 4.39 Å². The number of hydrogen-bond acceptors (Lipinski definition) is 5. The third-order valence-corrected chi connectivity index (χ3v) is 4.92. The van der Waals surface area contributed by atoms with Crippen LogP contribution in [0.3, 0.4) is 0 Å². The number of anilines is 1. The lowest BCUT2D eigenvalue weighted by molar-refractivity contribution is 0.0746. The molecule has 2 aromatic carbocycles. The van der Waals surface area contributed by atoms with Crippen LogP contribution in [0.25, 0.3) is 11.4 Å². The average Bonchev–Trinajstić information content (AvgIpc) is 3.23. The molecule has 3 aromatic rings. The van der Waals surface area contributed by atoms with E-state index in [-0.39, 0.29) is 11.7 Å². The Morgan fingerprint density at radius 2 is 1.79 bits per heavy atom. The summed E-state index contributed by atoms with van der Waals surface area (Å²) in [5.74, 6) is 0.852. The predicted octanol–water partition coefficient (Wildman–Crippen LogP) is 3.40. The maximum atomic E-state index is 14.0. The first kappa shape index (κ1) is 18.2. The molecule has 7 heteroatoms. The number of carbonyl (C=O) groups is 1. The quantitative estimate of drug-likeness (QED) is 0.694. The van der Waals surface area contributed by atoms with Gasteiger partial charge < -0.3 is 14.3 Å². The highest BCUT2D eigenvalue weighted by Gasteiger charge is 2.23. The topological polar surface area (TPSA) is 62.5 Å². The van der Waals surface area contributed by atoms with E-state index in [1.165, 1.54) is 6.07 Å². The van der Waals surface area contributed by atoms with Gasteiger partial charge in [0.1, 0.15) is 5.82 Å². The summed E-state index contributed by atoms with van der Waals surface area (Å²) in [6.45, 7) is 4.27. The molecule has 1 saturated heterocycles. The van der Waals surface area contributed by atoms with Crippen LogP contribution in [0.5, 0.6) is 0 Å². The summed E-state index contributed by atoms with van der Waals surface area (Å²) < 4.78 is 19.1. The highest BCUT2D eigenvalue weighted by molar-refractivity contribution is 5.94. The van der Waals surface area contributed by atoms with Crippen molar-refractivity contribution in [1.82, 2.24) is 15.0 Å². The maximum Gasteiger partial charge on any atom is 0.253 e. The molecule has 1 aromatic heterocycles. The number of aryl methyl sites for hydroxylation is 1. The second kappa shape index (κ2) is 7.80. The number of rotatable bonds is 4. The normalized spacial score (nSPS) is 14.4. The number of carbonyl (C=O) groups excluding carboxylic acids is 1. The number of hydrogen-bond donors (Lipinski definition) is 0. The molecule has 28 heavy (non-hydrogen) atoms. The summed E-state index contributed by atoms with van der Waals surface area (Å²) in [4.78, 5) is 20.9. The molecule has 2 heterocycles. The fraction of sp³-hybridized carbons (Fsp3) is 0.286. The molecule has 6 nitrogen and oxygen atoms in total. The summed E-state index contributed by atoms with van der Waals surface area (Å²) in [7, 11) is 0. The van der Waals surface area contributed by atoms with Crippen molar-refractivity contribution < 1.29 is 13.7 Å². The lowest BCUT2D eigenvalue weighted by atomic mass is 10.1. The van der Waals surface area contributed by atoms with E-state index >= 15 is 0 Å². The monoisotopic (exact) mass is 380 g/mol. The largest absolute Gasteiger partial charge is 0.366 e. The molecule has 1 fully saturated rings.